The van der Waals surface area contributed by atoms with Crippen molar-refractivity contribution < 1.29 is 29.6 Å². The van der Waals surface area contributed by atoms with Gasteiger partial charge in [0, 0.05) is 0 Å². The molecule has 2 saturated carbocycles. The van der Waals surface area contributed by atoms with Crippen LogP contribution in [0.2, 0.25) is 0 Å². The van der Waals surface area contributed by atoms with E-state index in [2.05, 4.69) is 18.2 Å². The molecule has 4 aliphatic rings. The Morgan fingerprint density at radius 3 is 2.26 bits per heavy atom. The summed E-state index contributed by atoms with van der Waals surface area (Å²) in [6.07, 6.45) is 8.68. The van der Waals surface area contributed by atoms with Gasteiger partial charge in [-0.05, 0) is 91.8 Å². The van der Waals surface area contributed by atoms with Gasteiger partial charge in [0.2, 0.25) is 0 Å². The van der Waals surface area contributed by atoms with E-state index >= 15 is 0 Å². The SMILES string of the molecule is O=C(O)O.Oc1ccc(Oc2cccc(C34CCC(CCC5CC5)(CC3)CO4)c2)cc1. The number of phenols is 1. The second-order valence-corrected chi connectivity index (χ2v) is 9.17. The molecule has 166 valence electrons. The molecule has 0 aromatic heterocycles. The topological polar surface area (TPSA) is 96.2 Å². The lowest BCUT2D eigenvalue weighted by Crippen LogP contribution is -2.49. The van der Waals surface area contributed by atoms with Gasteiger partial charge < -0.3 is 24.8 Å². The summed E-state index contributed by atoms with van der Waals surface area (Å²) in [5.74, 6) is 2.82. The number of fused-ring (bicyclic) bond motifs is 3. The van der Waals surface area contributed by atoms with Crippen LogP contribution in [-0.4, -0.2) is 28.1 Å². The maximum Gasteiger partial charge on any atom is 0.503 e. The van der Waals surface area contributed by atoms with Crippen molar-refractivity contribution in [3.63, 3.8) is 0 Å². The molecule has 3 N–H and O–H groups in total. The van der Waals surface area contributed by atoms with Gasteiger partial charge in [0.15, 0.2) is 0 Å². The molecule has 31 heavy (non-hydrogen) atoms. The number of ether oxygens (including phenoxy) is 2. The molecule has 0 amide bonds. The fourth-order valence-corrected chi connectivity index (χ4v) is 4.87. The number of aromatic hydroxyl groups is 1. The standard InChI is InChI=1S/C24H28O3.CH2O3/c25-20-6-8-21(9-7-20)27-22-3-1-2-19(16-22)24-14-12-23(13-15-24,17-26-24)11-10-18-4-5-18;2-1(3)4/h1-3,6-9,16,18,25H,4-5,10-15,17H2;(H2,2,3,4). The van der Waals surface area contributed by atoms with Crippen molar-refractivity contribution in [3.05, 3.63) is 54.1 Å². The van der Waals surface area contributed by atoms with Gasteiger partial charge in [-0.3, -0.25) is 0 Å². The van der Waals surface area contributed by atoms with Gasteiger partial charge in [-0.1, -0.05) is 25.0 Å². The van der Waals surface area contributed by atoms with Crippen molar-refractivity contribution in [2.24, 2.45) is 11.3 Å². The Kier molecular flexibility index (Phi) is 6.10. The van der Waals surface area contributed by atoms with Crippen molar-refractivity contribution in [1.29, 1.82) is 0 Å². The Bertz CT molecular complexity index is 874. The summed E-state index contributed by atoms with van der Waals surface area (Å²) >= 11 is 0. The molecular formula is C25H30O6. The van der Waals surface area contributed by atoms with Gasteiger partial charge in [0.05, 0.1) is 12.2 Å². The first-order chi connectivity index (χ1) is 14.9. The maximum atomic E-state index is 9.43. The molecule has 2 saturated heterocycles. The highest BCUT2D eigenvalue weighted by Crippen LogP contribution is 2.56. The average Bonchev–Trinajstić information content (AvgIpc) is 3.60. The second-order valence-electron chi connectivity index (χ2n) is 9.17. The van der Waals surface area contributed by atoms with Crippen LogP contribution in [-0.2, 0) is 10.3 Å². The van der Waals surface area contributed by atoms with Gasteiger partial charge in [-0.15, -0.1) is 0 Å². The predicted molar refractivity (Wildman–Crippen MR) is 116 cm³/mol. The summed E-state index contributed by atoms with van der Waals surface area (Å²) < 4.78 is 12.5. The van der Waals surface area contributed by atoms with Crippen LogP contribution in [0.5, 0.6) is 17.2 Å². The second kappa shape index (κ2) is 8.79. The zero-order chi connectivity index (χ0) is 21.9. The minimum absolute atomic E-state index is 0.129. The summed E-state index contributed by atoms with van der Waals surface area (Å²) in [6.45, 7) is 0.919. The minimum atomic E-state index is -1.83. The number of benzene rings is 2. The number of hydrogen-bond donors (Lipinski definition) is 3. The van der Waals surface area contributed by atoms with E-state index in [0.717, 1.165) is 36.9 Å². The molecule has 0 atom stereocenters. The first kappa shape index (κ1) is 21.5. The zero-order valence-electron chi connectivity index (χ0n) is 17.6. The summed E-state index contributed by atoms with van der Waals surface area (Å²) in [4.78, 5) is 8.56. The van der Waals surface area contributed by atoms with Crippen LogP contribution >= 0.6 is 0 Å². The van der Waals surface area contributed by atoms with E-state index < -0.39 is 6.16 Å². The first-order valence-corrected chi connectivity index (χ1v) is 11.0. The summed E-state index contributed by atoms with van der Waals surface area (Å²) in [5.41, 5.74) is 1.56. The van der Waals surface area contributed by atoms with E-state index in [1.54, 1.807) is 24.3 Å². The van der Waals surface area contributed by atoms with Crippen molar-refractivity contribution in [3.8, 4) is 17.2 Å². The Morgan fingerprint density at radius 2 is 1.68 bits per heavy atom. The highest BCUT2D eigenvalue weighted by molar-refractivity contribution is 5.53. The molecule has 4 fully saturated rings. The van der Waals surface area contributed by atoms with Crippen LogP contribution in [0.1, 0.15) is 56.9 Å². The minimum Gasteiger partial charge on any atom is -0.508 e. The predicted octanol–water partition coefficient (Wildman–Crippen LogP) is 6.38. The van der Waals surface area contributed by atoms with Crippen LogP contribution in [0.25, 0.3) is 0 Å². The first-order valence-electron chi connectivity index (χ1n) is 11.0. The molecule has 0 spiro atoms. The van der Waals surface area contributed by atoms with Crippen LogP contribution in [0, 0.1) is 11.3 Å². The van der Waals surface area contributed by atoms with E-state index in [1.807, 2.05) is 6.07 Å². The fraction of sp³-hybridized carbons (Fsp3) is 0.480. The zero-order valence-corrected chi connectivity index (χ0v) is 17.6. The normalized spacial score (nSPS) is 26.6. The van der Waals surface area contributed by atoms with Crippen LogP contribution in [0.3, 0.4) is 0 Å². The molecule has 2 aromatic carbocycles. The van der Waals surface area contributed by atoms with Gasteiger partial charge >= 0.3 is 6.16 Å². The number of rotatable bonds is 6. The highest BCUT2D eigenvalue weighted by atomic mass is 16.6. The van der Waals surface area contributed by atoms with E-state index in [-0.39, 0.29) is 11.4 Å². The molecule has 2 bridgehead atoms. The van der Waals surface area contributed by atoms with E-state index in [4.69, 9.17) is 24.5 Å². The Morgan fingerprint density at radius 1 is 1.00 bits per heavy atom. The third-order valence-electron chi connectivity index (χ3n) is 6.99. The van der Waals surface area contributed by atoms with Gasteiger partial charge in [-0.25, -0.2) is 4.79 Å². The monoisotopic (exact) mass is 426 g/mol. The molecule has 2 aromatic rings. The van der Waals surface area contributed by atoms with E-state index in [1.165, 1.54) is 44.1 Å². The molecule has 2 heterocycles. The summed E-state index contributed by atoms with van der Waals surface area (Å²) in [7, 11) is 0. The van der Waals surface area contributed by atoms with E-state index in [9.17, 15) is 5.11 Å². The number of phenolic OH excluding ortho intramolecular Hbond substituents is 1. The van der Waals surface area contributed by atoms with E-state index in [0.29, 0.717) is 5.41 Å². The number of hydrogen-bond acceptors (Lipinski definition) is 4. The average molecular weight is 427 g/mol. The highest BCUT2D eigenvalue weighted by Gasteiger charge is 2.50. The molecule has 2 aliphatic heterocycles. The van der Waals surface area contributed by atoms with Crippen molar-refractivity contribution >= 4 is 6.16 Å². The van der Waals surface area contributed by atoms with Crippen molar-refractivity contribution in [1.82, 2.24) is 0 Å². The number of carboxylic acid groups (broad SMARTS) is 2. The Balaban J connectivity index is 0.000000535. The lowest BCUT2D eigenvalue weighted by atomic mass is 9.62. The van der Waals surface area contributed by atoms with Gasteiger partial charge in [-0.2, -0.15) is 0 Å². The van der Waals surface area contributed by atoms with Gasteiger partial charge in [0.25, 0.3) is 0 Å². The van der Waals surface area contributed by atoms with Crippen molar-refractivity contribution in [2.45, 2.75) is 57.0 Å². The van der Waals surface area contributed by atoms with Crippen molar-refractivity contribution in [2.75, 3.05) is 6.61 Å². The quantitative estimate of drug-likeness (QED) is 0.496. The lowest BCUT2D eigenvalue weighted by molar-refractivity contribution is -0.192. The Hall–Kier alpha value is -2.73. The van der Waals surface area contributed by atoms with Crippen LogP contribution in [0.4, 0.5) is 4.79 Å². The third-order valence-corrected chi connectivity index (χ3v) is 6.99. The summed E-state index contributed by atoms with van der Waals surface area (Å²) in [5, 5.41) is 23.4. The smallest absolute Gasteiger partial charge is 0.503 e. The molecular weight excluding hydrogens is 396 g/mol. The molecule has 0 unspecified atom stereocenters. The largest absolute Gasteiger partial charge is 0.508 e. The third kappa shape index (κ3) is 5.31. The molecule has 6 nitrogen and oxygen atoms in total. The summed E-state index contributed by atoms with van der Waals surface area (Å²) in [6, 6.07) is 15.2. The molecule has 6 heteroatoms. The number of carbonyl (C=O) groups is 1. The van der Waals surface area contributed by atoms with Crippen LogP contribution in [0.15, 0.2) is 48.5 Å². The molecule has 0 radical (unpaired) electrons. The fourth-order valence-electron chi connectivity index (χ4n) is 4.87. The Labute approximate surface area is 182 Å². The maximum absolute atomic E-state index is 9.43. The molecule has 6 rings (SSSR count). The lowest BCUT2D eigenvalue weighted by Gasteiger charge is -2.53. The van der Waals surface area contributed by atoms with Gasteiger partial charge in [0.1, 0.15) is 17.2 Å². The molecule has 2 aliphatic carbocycles. The van der Waals surface area contributed by atoms with Crippen LogP contribution < -0.4 is 4.74 Å².